The van der Waals surface area contributed by atoms with Crippen LogP contribution in [0.5, 0.6) is 11.5 Å². The lowest BCUT2D eigenvalue weighted by Crippen LogP contribution is -2.34. The Morgan fingerprint density at radius 3 is 2.19 bits per heavy atom. The van der Waals surface area contributed by atoms with E-state index in [9.17, 15) is 13.2 Å². The maximum atomic E-state index is 12.9. The van der Waals surface area contributed by atoms with Crippen molar-refractivity contribution in [1.29, 1.82) is 0 Å². The highest BCUT2D eigenvalue weighted by atomic mass is 127. The molecule has 142 valence electrons. The van der Waals surface area contributed by atoms with Gasteiger partial charge < -0.3 is 14.4 Å². The van der Waals surface area contributed by atoms with Crippen LogP contribution in [-0.2, 0) is 9.84 Å². The summed E-state index contributed by atoms with van der Waals surface area (Å²) in [5.41, 5.74) is 0. The van der Waals surface area contributed by atoms with Crippen LogP contribution in [0.2, 0.25) is 0 Å². The van der Waals surface area contributed by atoms with Gasteiger partial charge >= 0.3 is 6.03 Å². The second-order valence-electron chi connectivity index (χ2n) is 5.20. The van der Waals surface area contributed by atoms with Crippen LogP contribution < -0.4 is 9.47 Å². The number of amides is 1. The third kappa shape index (κ3) is 3.80. The minimum absolute atomic E-state index is 0.0212. The SMILES string of the molecule is CCN(CC)C(=O)n1ccc(S(=O)(=O)c2cc(OC)c(I)c(OC)c2)n1. The van der Waals surface area contributed by atoms with Gasteiger partial charge in [0, 0.05) is 31.4 Å². The molecular weight excluding hydrogens is 473 g/mol. The molecule has 0 aliphatic rings. The first-order chi connectivity index (χ1) is 12.3. The first kappa shape index (κ1) is 20.5. The second kappa shape index (κ2) is 8.25. The molecular formula is C16H20IN3O5S. The predicted molar refractivity (Wildman–Crippen MR) is 104 cm³/mol. The zero-order chi connectivity index (χ0) is 19.5. The highest BCUT2D eigenvalue weighted by Gasteiger charge is 2.25. The maximum absolute atomic E-state index is 12.9. The summed E-state index contributed by atoms with van der Waals surface area (Å²) in [6.07, 6.45) is 1.34. The van der Waals surface area contributed by atoms with Crippen LogP contribution in [-0.4, -0.2) is 56.4 Å². The third-order valence-electron chi connectivity index (χ3n) is 3.80. The van der Waals surface area contributed by atoms with Gasteiger partial charge in [-0.2, -0.15) is 9.78 Å². The van der Waals surface area contributed by atoms with Crippen LogP contribution in [0.1, 0.15) is 13.8 Å². The zero-order valence-corrected chi connectivity index (χ0v) is 17.9. The van der Waals surface area contributed by atoms with Gasteiger partial charge in [-0.05, 0) is 42.5 Å². The van der Waals surface area contributed by atoms with Crippen LogP contribution >= 0.6 is 22.6 Å². The highest BCUT2D eigenvalue weighted by Crippen LogP contribution is 2.35. The minimum Gasteiger partial charge on any atom is -0.495 e. The fourth-order valence-electron chi connectivity index (χ4n) is 2.32. The zero-order valence-electron chi connectivity index (χ0n) is 14.9. The van der Waals surface area contributed by atoms with E-state index in [0.29, 0.717) is 28.2 Å². The van der Waals surface area contributed by atoms with Crippen molar-refractivity contribution in [2.45, 2.75) is 23.8 Å². The minimum atomic E-state index is -3.94. The maximum Gasteiger partial charge on any atom is 0.344 e. The third-order valence-corrected chi connectivity index (χ3v) is 6.49. The molecule has 0 saturated carbocycles. The molecule has 0 saturated heterocycles. The van der Waals surface area contributed by atoms with Gasteiger partial charge in [0.1, 0.15) is 11.5 Å². The fourth-order valence-corrected chi connectivity index (χ4v) is 4.27. The number of benzene rings is 1. The standard InChI is InChI=1S/C16H20IN3O5S/c1-5-19(6-2)16(21)20-8-7-14(18-20)26(22,23)11-9-12(24-3)15(17)13(10-11)25-4/h7-10H,5-6H2,1-4H3. The topological polar surface area (TPSA) is 90.7 Å². The van der Waals surface area contributed by atoms with E-state index >= 15 is 0 Å². The second-order valence-corrected chi connectivity index (χ2v) is 8.17. The molecule has 26 heavy (non-hydrogen) atoms. The predicted octanol–water partition coefficient (Wildman–Crippen LogP) is 2.65. The Morgan fingerprint density at radius 1 is 1.19 bits per heavy atom. The number of rotatable bonds is 6. The summed E-state index contributed by atoms with van der Waals surface area (Å²) in [6, 6.07) is 3.73. The largest absolute Gasteiger partial charge is 0.495 e. The van der Waals surface area contributed by atoms with Gasteiger partial charge in [0.05, 0.1) is 22.7 Å². The first-order valence-electron chi connectivity index (χ1n) is 7.81. The van der Waals surface area contributed by atoms with Gasteiger partial charge in [-0.15, -0.1) is 0 Å². The highest BCUT2D eigenvalue weighted by molar-refractivity contribution is 14.1. The van der Waals surface area contributed by atoms with E-state index in [4.69, 9.17) is 9.47 Å². The lowest BCUT2D eigenvalue weighted by atomic mass is 10.3. The van der Waals surface area contributed by atoms with E-state index in [1.165, 1.54) is 38.6 Å². The number of carbonyl (C=O) groups is 1. The molecule has 0 bridgehead atoms. The molecule has 0 aliphatic carbocycles. The van der Waals surface area contributed by atoms with E-state index in [1.807, 2.05) is 36.4 Å². The molecule has 0 radical (unpaired) electrons. The summed E-state index contributed by atoms with van der Waals surface area (Å²) in [7, 11) is -1.04. The Morgan fingerprint density at radius 2 is 1.73 bits per heavy atom. The summed E-state index contributed by atoms with van der Waals surface area (Å²) in [4.78, 5) is 13.8. The van der Waals surface area contributed by atoms with Gasteiger partial charge in [-0.25, -0.2) is 13.2 Å². The van der Waals surface area contributed by atoms with Crippen LogP contribution in [0.25, 0.3) is 0 Å². The van der Waals surface area contributed by atoms with Crippen molar-refractivity contribution >= 4 is 38.5 Å². The van der Waals surface area contributed by atoms with E-state index in [2.05, 4.69) is 5.10 Å². The molecule has 2 rings (SSSR count). The first-order valence-corrected chi connectivity index (χ1v) is 10.4. The molecule has 1 amide bonds. The van der Waals surface area contributed by atoms with E-state index < -0.39 is 9.84 Å². The quantitative estimate of drug-likeness (QED) is 0.575. The van der Waals surface area contributed by atoms with Crippen molar-refractivity contribution in [1.82, 2.24) is 14.7 Å². The molecule has 8 nitrogen and oxygen atoms in total. The fraction of sp³-hybridized carbons (Fsp3) is 0.375. The van der Waals surface area contributed by atoms with Crippen molar-refractivity contribution in [3.63, 3.8) is 0 Å². The molecule has 0 N–H and O–H groups in total. The van der Waals surface area contributed by atoms with Crippen molar-refractivity contribution in [2.75, 3.05) is 27.3 Å². The monoisotopic (exact) mass is 493 g/mol. The average molecular weight is 493 g/mol. The molecule has 1 heterocycles. The molecule has 0 unspecified atom stereocenters. The molecule has 0 aliphatic heterocycles. The van der Waals surface area contributed by atoms with E-state index in [-0.39, 0.29) is 16.0 Å². The van der Waals surface area contributed by atoms with Crippen molar-refractivity contribution < 1.29 is 22.7 Å². The Kier molecular flexibility index (Phi) is 6.50. The Hall–Kier alpha value is -1.82. The number of hydrogen-bond donors (Lipinski definition) is 0. The average Bonchev–Trinajstić information content (AvgIpc) is 3.13. The van der Waals surface area contributed by atoms with E-state index in [1.54, 1.807) is 4.90 Å². The van der Waals surface area contributed by atoms with Crippen LogP contribution in [0.15, 0.2) is 34.3 Å². The molecule has 10 heteroatoms. The van der Waals surface area contributed by atoms with Crippen molar-refractivity contribution in [3.05, 3.63) is 28.0 Å². The van der Waals surface area contributed by atoms with Gasteiger partial charge in [0.2, 0.25) is 9.84 Å². The smallest absolute Gasteiger partial charge is 0.344 e. The lowest BCUT2D eigenvalue weighted by Gasteiger charge is -2.17. The molecule has 1 aromatic carbocycles. The number of carbonyl (C=O) groups excluding carboxylic acids is 1. The number of halogens is 1. The van der Waals surface area contributed by atoms with Gasteiger partial charge in [-0.1, -0.05) is 0 Å². The molecule has 1 aromatic heterocycles. The molecule has 0 fully saturated rings. The van der Waals surface area contributed by atoms with Gasteiger partial charge in [-0.3, -0.25) is 0 Å². The Labute approximate surface area is 166 Å². The van der Waals surface area contributed by atoms with Crippen LogP contribution in [0.3, 0.4) is 0 Å². The number of aromatic nitrogens is 2. The van der Waals surface area contributed by atoms with Crippen LogP contribution in [0, 0.1) is 3.57 Å². The Balaban J connectivity index is 2.48. The number of methoxy groups -OCH3 is 2. The Bertz CT molecular complexity index is 881. The summed E-state index contributed by atoms with van der Waals surface area (Å²) in [6.45, 7) is 4.69. The number of ether oxygens (including phenoxy) is 2. The van der Waals surface area contributed by atoms with Crippen molar-refractivity contribution in [3.8, 4) is 11.5 Å². The summed E-state index contributed by atoms with van der Waals surface area (Å²) in [5, 5.41) is 3.74. The number of nitrogens with zero attached hydrogens (tertiary/aromatic N) is 3. The molecule has 0 atom stereocenters. The van der Waals surface area contributed by atoms with E-state index in [0.717, 1.165) is 4.68 Å². The number of hydrogen-bond acceptors (Lipinski definition) is 6. The lowest BCUT2D eigenvalue weighted by molar-refractivity contribution is 0.201. The van der Waals surface area contributed by atoms with Gasteiger partial charge in [0.15, 0.2) is 5.03 Å². The molecule has 2 aromatic rings. The number of sulfone groups is 1. The summed E-state index contributed by atoms with van der Waals surface area (Å²) < 4.78 is 38.0. The summed E-state index contributed by atoms with van der Waals surface area (Å²) >= 11 is 2.01. The van der Waals surface area contributed by atoms with Crippen molar-refractivity contribution in [2.24, 2.45) is 0 Å². The normalized spacial score (nSPS) is 11.3. The van der Waals surface area contributed by atoms with Crippen LogP contribution in [0.4, 0.5) is 4.79 Å². The summed E-state index contributed by atoms with van der Waals surface area (Å²) in [5.74, 6) is 0.754. The van der Waals surface area contributed by atoms with Gasteiger partial charge in [0.25, 0.3) is 0 Å². The molecule has 0 spiro atoms.